The normalized spacial score (nSPS) is 53.8. The number of fused-ring (bicyclic) bond motifs is 3. The zero-order chi connectivity index (χ0) is 31.2. The zero-order valence-corrected chi connectivity index (χ0v) is 25.4. The van der Waals surface area contributed by atoms with Gasteiger partial charge >= 0.3 is 17.9 Å². The van der Waals surface area contributed by atoms with Crippen molar-refractivity contribution in [1.82, 2.24) is 0 Å². The molecule has 7 rings (SSSR count). The highest BCUT2D eigenvalue weighted by molar-refractivity contribution is 5.93. The van der Waals surface area contributed by atoms with Crippen LogP contribution < -0.4 is 0 Å². The van der Waals surface area contributed by atoms with Crippen LogP contribution in [0.4, 0.5) is 0 Å². The van der Waals surface area contributed by atoms with Gasteiger partial charge in [0.15, 0.2) is 5.60 Å². The quantitative estimate of drug-likeness (QED) is 0.304. The van der Waals surface area contributed by atoms with Crippen molar-refractivity contribution in [2.75, 3.05) is 0 Å². The Balaban J connectivity index is 1.26. The van der Waals surface area contributed by atoms with E-state index in [-0.39, 0.29) is 37.1 Å². The molecule has 12 heteroatoms. The molecule has 43 heavy (non-hydrogen) atoms. The third kappa shape index (κ3) is 3.55. The van der Waals surface area contributed by atoms with Crippen molar-refractivity contribution in [3.63, 3.8) is 0 Å². The molecule has 3 N–H and O–H groups in total. The van der Waals surface area contributed by atoms with Crippen LogP contribution in [0.25, 0.3) is 0 Å². The third-order valence-corrected chi connectivity index (χ3v) is 12.4. The Morgan fingerprint density at radius 2 is 1.79 bits per heavy atom. The maximum absolute atomic E-state index is 14.3. The minimum Gasteiger partial charge on any atom is -0.458 e. The van der Waals surface area contributed by atoms with Crippen LogP contribution in [0.2, 0.25) is 0 Å². The molecule has 2 spiro atoms. The number of rotatable bonds is 4. The topological polar surface area (TPSA) is 175 Å². The van der Waals surface area contributed by atoms with E-state index in [4.69, 9.17) is 23.7 Å². The smallest absolute Gasteiger partial charge is 0.309 e. The molecular weight excluding hydrogens is 564 g/mol. The minimum absolute atomic E-state index is 0.00690. The van der Waals surface area contributed by atoms with E-state index in [1.165, 1.54) is 6.92 Å². The molecular formula is C31H42O12. The maximum Gasteiger partial charge on any atom is 0.309 e. The number of aliphatic hydroxyl groups is 3. The summed E-state index contributed by atoms with van der Waals surface area (Å²) in [4.78, 5) is 51.3. The summed E-state index contributed by atoms with van der Waals surface area (Å²) in [6.07, 6.45) is -4.30. The number of carbonyl (C=O) groups is 4. The highest BCUT2D eigenvalue weighted by atomic mass is 16.7. The van der Waals surface area contributed by atoms with Crippen LogP contribution in [-0.4, -0.2) is 92.1 Å². The van der Waals surface area contributed by atoms with Crippen LogP contribution in [0, 0.1) is 40.9 Å². The van der Waals surface area contributed by atoms with Gasteiger partial charge in [0.25, 0.3) is 0 Å². The second kappa shape index (κ2) is 8.78. The molecule has 2 bridgehead atoms. The first-order valence-corrected chi connectivity index (χ1v) is 15.5. The predicted octanol–water partition coefficient (Wildman–Crippen LogP) is 0.800. The number of esters is 3. The number of ether oxygens (including phenoxy) is 5. The van der Waals surface area contributed by atoms with Crippen molar-refractivity contribution < 1.29 is 58.2 Å². The molecule has 5 aliphatic heterocycles. The van der Waals surface area contributed by atoms with Crippen molar-refractivity contribution in [2.45, 2.75) is 127 Å². The lowest BCUT2D eigenvalue weighted by molar-refractivity contribution is -0.277. The van der Waals surface area contributed by atoms with Gasteiger partial charge in [-0.1, -0.05) is 20.8 Å². The molecule has 15 atom stereocenters. The molecule has 5 heterocycles. The molecule has 0 aromatic heterocycles. The first-order chi connectivity index (χ1) is 19.9. The summed E-state index contributed by atoms with van der Waals surface area (Å²) in [5, 5.41) is 36.2. The van der Waals surface area contributed by atoms with Crippen molar-refractivity contribution in [1.29, 1.82) is 0 Å². The third-order valence-electron chi connectivity index (χ3n) is 12.4. The van der Waals surface area contributed by atoms with Gasteiger partial charge in [0.1, 0.15) is 30.0 Å². The van der Waals surface area contributed by atoms with Gasteiger partial charge in [-0.3, -0.25) is 19.2 Å². The highest BCUT2D eigenvalue weighted by Gasteiger charge is 2.86. The molecule has 12 nitrogen and oxygen atoms in total. The number of Topliss-reactive ketones (excluding diaryl/α,β-unsaturated/α-hetero) is 1. The average molecular weight is 607 g/mol. The monoisotopic (exact) mass is 606 g/mol. The number of hydrogen-bond donors (Lipinski definition) is 3. The molecule has 0 aromatic rings. The number of aliphatic hydroxyl groups excluding tert-OH is 2. The summed E-state index contributed by atoms with van der Waals surface area (Å²) >= 11 is 0. The second-order valence-electron chi connectivity index (χ2n) is 15.1. The van der Waals surface area contributed by atoms with Crippen molar-refractivity contribution in [2.24, 2.45) is 40.9 Å². The van der Waals surface area contributed by atoms with E-state index in [1.807, 2.05) is 27.7 Å². The Bertz CT molecular complexity index is 1300. The Hall–Kier alpha value is -2.12. The number of hydrogen-bond acceptors (Lipinski definition) is 12. The Kier molecular flexibility index (Phi) is 6.04. The largest absolute Gasteiger partial charge is 0.458 e. The van der Waals surface area contributed by atoms with Crippen LogP contribution in [0.1, 0.15) is 73.6 Å². The van der Waals surface area contributed by atoms with E-state index in [2.05, 4.69) is 0 Å². The summed E-state index contributed by atoms with van der Waals surface area (Å²) in [6, 6.07) is 0. The van der Waals surface area contributed by atoms with Crippen LogP contribution in [-0.2, 0) is 42.9 Å². The van der Waals surface area contributed by atoms with Gasteiger partial charge in [-0.05, 0) is 44.4 Å². The Morgan fingerprint density at radius 1 is 1.09 bits per heavy atom. The SMILES string of the molecule is CC(=O)O[C@@H]([C@@H](C)[C@@H]1[C@H]2[C@]1(C)CC[C@@]13O[C@@]2(O)C(=O)[C@@H]1[C@@H](O)C[C@H]1C(C)(C)O[C@@H]2CC(=O)O[C@@]21[C@H]3O)[C@@H]1CC(C)C(=O)O1. The fourth-order valence-electron chi connectivity index (χ4n) is 10.7. The highest BCUT2D eigenvalue weighted by Crippen LogP contribution is 2.76. The molecule has 7 fully saturated rings. The molecule has 1 unspecified atom stereocenters. The molecule has 238 valence electrons. The lowest BCUT2D eigenvalue weighted by atomic mass is 9.67. The fourth-order valence-corrected chi connectivity index (χ4v) is 10.7. The first kappa shape index (κ1) is 29.6. The van der Waals surface area contributed by atoms with Crippen molar-refractivity contribution in [3.05, 3.63) is 0 Å². The standard InChI is InChI=1S/C31H42O12/c1-12-9-16(40-25(12)36)22(39-14(3)32)13(2)20-23-28(20,6)7-8-29-21(24(35)31(23,38)43-29)15(33)10-17-27(4,5)41-18-11-19(34)42-30(17,18)26(29)37/h12-13,15-18,20-23,26,33,37-38H,7-11H2,1-6H3/t12?,13-,15-,16-,17-,18+,20+,21-,22-,23-,26-,28+,29+,30+,31+/m0/s1. The molecule has 5 saturated heterocycles. The Labute approximate surface area is 249 Å². The summed E-state index contributed by atoms with van der Waals surface area (Å²) < 4.78 is 29.9. The van der Waals surface area contributed by atoms with Crippen LogP contribution in [0.3, 0.4) is 0 Å². The predicted molar refractivity (Wildman–Crippen MR) is 142 cm³/mol. The van der Waals surface area contributed by atoms with Gasteiger partial charge < -0.3 is 39.0 Å². The fraction of sp³-hybridized carbons (Fsp3) is 0.871. The Morgan fingerprint density at radius 3 is 2.42 bits per heavy atom. The van der Waals surface area contributed by atoms with E-state index >= 15 is 0 Å². The minimum atomic E-state index is -2.35. The lowest BCUT2D eigenvalue weighted by Gasteiger charge is -2.45. The van der Waals surface area contributed by atoms with Gasteiger partial charge in [0.2, 0.25) is 11.6 Å². The summed E-state index contributed by atoms with van der Waals surface area (Å²) in [5.41, 5.74) is -4.81. The van der Waals surface area contributed by atoms with E-state index in [0.717, 1.165) is 0 Å². The second-order valence-corrected chi connectivity index (χ2v) is 15.1. The molecule has 7 aliphatic rings. The van der Waals surface area contributed by atoms with Crippen molar-refractivity contribution >= 4 is 23.7 Å². The van der Waals surface area contributed by atoms with Crippen molar-refractivity contribution in [3.8, 4) is 0 Å². The molecule has 0 amide bonds. The first-order valence-electron chi connectivity index (χ1n) is 15.5. The van der Waals surface area contributed by atoms with Gasteiger partial charge in [-0.25, -0.2) is 0 Å². The maximum atomic E-state index is 14.3. The van der Waals surface area contributed by atoms with Crippen LogP contribution in [0.15, 0.2) is 0 Å². The summed E-state index contributed by atoms with van der Waals surface area (Å²) in [6.45, 7) is 10.5. The zero-order valence-electron chi connectivity index (χ0n) is 25.4. The summed E-state index contributed by atoms with van der Waals surface area (Å²) in [5.74, 6) is -8.26. The van der Waals surface area contributed by atoms with E-state index in [1.54, 1.807) is 6.92 Å². The van der Waals surface area contributed by atoms with E-state index in [0.29, 0.717) is 12.8 Å². The average Bonchev–Trinajstić information content (AvgIpc) is 3.02. The number of ketones is 1. The van der Waals surface area contributed by atoms with Crippen LogP contribution >= 0.6 is 0 Å². The van der Waals surface area contributed by atoms with Gasteiger partial charge in [0.05, 0.1) is 30.0 Å². The van der Waals surface area contributed by atoms with Gasteiger partial charge in [-0.15, -0.1) is 0 Å². The van der Waals surface area contributed by atoms with Gasteiger partial charge in [0, 0.05) is 31.1 Å². The van der Waals surface area contributed by atoms with E-state index < -0.39 is 99.9 Å². The molecule has 2 saturated carbocycles. The molecule has 0 radical (unpaired) electrons. The summed E-state index contributed by atoms with van der Waals surface area (Å²) in [7, 11) is 0. The molecule has 0 aromatic carbocycles. The number of cyclic esters (lactones) is 1. The van der Waals surface area contributed by atoms with E-state index in [9.17, 15) is 34.5 Å². The lowest BCUT2D eigenvalue weighted by Crippen LogP contribution is -2.64. The van der Waals surface area contributed by atoms with Crippen LogP contribution in [0.5, 0.6) is 0 Å². The number of carbonyl (C=O) groups excluding carboxylic acids is 4. The molecule has 2 aliphatic carbocycles. The van der Waals surface area contributed by atoms with Gasteiger partial charge in [-0.2, -0.15) is 0 Å².